The summed E-state index contributed by atoms with van der Waals surface area (Å²) in [6.07, 6.45) is 3.08. The fourth-order valence-corrected chi connectivity index (χ4v) is 3.85. The summed E-state index contributed by atoms with van der Waals surface area (Å²) in [6, 6.07) is 0. The summed E-state index contributed by atoms with van der Waals surface area (Å²) >= 11 is 0. The van der Waals surface area contributed by atoms with Crippen molar-refractivity contribution in [1.29, 1.82) is 0 Å². The fourth-order valence-electron chi connectivity index (χ4n) is 3.85. The van der Waals surface area contributed by atoms with Crippen molar-refractivity contribution in [3.63, 3.8) is 0 Å². The van der Waals surface area contributed by atoms with E-state index in [-0.39, 0.29) is 35.9 Å². The van der Waals surface area contributed by atoms with Crippen LogP contribution in [0.2, 0.25) is 0 Å². The summed E-state index contributed by atoms with van der Waals surface area (Å²) in [6.45, 7) is 4.58. The summed E-state index contributed by atoms with van der Waals surface area (Å²) in [7, 11) is 0. The molecule has 0 unspecified atom stereocenters. The lowest BCUT2D eigenvalue weighted by atomic mass is 9.84. The van der Waals surface area contributed by atoms with Crippen molar-refractivity contribution < 1.29 is 24.2 Å². The Kier molecular flexibility index (Phi) is 4.68. The van der Waals surface area contributed by atoms with Crippen LogP contribution in [0.4, 0.5) is 0 Å². The SMILES string of the molecule is CCO[C@@H]1C[C@H]1C(=O)N1CCC([C@@H]2OCC[C@@H]2C(=O)O)CC1. The molecule has 6 heteroatoms. The van der Waals surface area contributed by atoms with Gasteiger partial charge in [0.15, 0.2) is 0 Å². The molecule has 0 aromatic carbocycles. The van der Waals surface area contributed by atoms with E-state index in [1.165, 1.54) is 0 Å². The Morgan fingerprint density at radius 2 is 1.95 bits per heavy atom. The topological polar surface area (TPSA) is 76.1 Å². The Hall–Kier alpha value is -1.14. The van der Waals surface area contributed by atoms with E-state index in [0.717, 1.165) is 19.3 Å². The van der Waals surface area contributed by atoms with E-state index in [1.807, 2.05) is 11.8 Å². The number of carbonyl (C=O) groups is 2. The van der Waals surface area contributed by atoms with Gasteiger partial charge in [-0.05, 0) is 38.5 Å². The lowest BCUT2D eigenvalue weighted by Gasteiger charge is -2.35. The summed E-state index contributed by atoms with van der Waals surface area (Å²) < 4.78 is 11.2. The van der Waals surface area contributed by atoms with E-state index in [2.05, 4.69) is 0 Å². The molecule has 1 amide bonds. The molecule has 0 radical (unpaired) electrons. The van der Waals surface area contributed by atoms with E-state index in [9.17, 15) is 14.7 Å². The number of ether oxygens (including phenoxy) is 2. The fraction of sp³-hybridized carbons (Fsp3) is 0.875. The first-order chi connectivity index (χ1) is 10.6. The van der Waals surface area contributed by atoms with Gasteiger partial charge in [0.05, 0.1) is 24.0 Å². The lowest BCUT2D eigenvalue weighted by Crippen LogP contribution is -2.44. The highest BCUT2D eigenvalue weighted by Gasteiger charge is 2.47. The second-order valence-electron chi connectivity index (χ2n) is 6.57. The smallest absolute Gasteiger partial charge is 0.309 e. The van der Waals surface area contributed by atoms with Crippen LogP contribution >= 0.6 is 0 Å². The molecule has 2 heterocycles. The van der Waals surface area contributed by atoms with Gasteiger partial charge in [-0.2, -0.15) is 0 Å². The Balaban J connectivity index is 1.48. The number of hydrogen-bond acceptors (Lipinski definition) is 4. The molecule has 0 aromatic heterocycles. The molecule has 1 saturated carbocycles. The lowest BCUT2D eigenvalue weighted by molar-refractivity contribution is -0.146. The van der Waals surface area contributed by atoms with Gasteiger partial charge in [-0.15, -0.1) is 0 Å². The van der Waals surface area contributed by atoms with Gasteiger partial charge < -0.3 is 19.5 Å². The van der Waals surface area contributed by atoms with Gasteiger partial charge >= 0.3 is 5.97 Å². The van der Waals surface area contributed by atoms with Crippen molar-refractivity contribution in [3.05, 3.63) is 0 Å². The Labute approximate surface area is 130 Å². The number of carboxylic acid groups (broad SMARTS) is 1. The van der Waals surface area contributed by atoms with Crippen LogP contribution in [0.5, 0.6) is 0 Å². The highest BCUT2D eigenvalue weighted by Crippen LogP contribution is 2.38. The third-order valence-electron chi connectivity index (χ3n) is 5.20. The summed E-state index contributed by atoms with van der Waals surface area (Å²) in [5.41, 5.74) is 0. The molecule has 1 aliphatic carbocycles. The molecule has 22 heavy (non-hydrogen) atoms. The molecule has 3 rings (SSSR count). The van der Waals surface area contributed by atoms with E-state index in [4.69, 9.17) is 9.47 Å². The predicted molar refractivity (Wildman–Crippen MR) is 78.3 cm³/mol. The summed E-state index contributed by atoms with van der Waals surface area (Å²) in [5, 5.41) is 9.26. The van der Waals surface area contributed by atoms with E-state index in [1.54, 1.807) is 0 Å². The number of rotatable bonds is 5. The summed E-state index contributed by atoms with van der Waals surface area (Å²) in [4.78, 5) is 25.6. The zero-order chi connectivity index (χ0) is 15.7. The average Bonchev–Trinajstić information content (AvgIpc) is 3.10. The zero-order valence-corrected chi connectivity index (χ0v) is 13.1. The maximum Gasteiger partial charge on any atom is 0.309 e. The predicted octanol–water partition coefficient (Wildman–Crippen LogP) is 1.14. The minimum atomic E-state index is -0.751. The van der Waals surface area contributed by atoms with E-state index in [0.29, 0.717) is 32.7 Å². The monoisotopic (exact) mass is 311 g/mol. The number of amides is 1. The number of hydrogen-bond donors (Lipinski definition) is 1. The second-order valence-corrected chi connectivity index (χ2v) is 6.57. The normalized spacial score (nSPS) is 35.6. The molecule has 1 N–H and O–H groups in total. The Morgan fingerprint density at radius 1 is 1.23 bits per heavy atom. The molecule has 2 aliphatic heterocycles. The first-order valence-electron chi connectivity index (χ1n) is 8.36. The van der Waals surface area contributed by atoms with Gasteiger partial charge in [-0.3, -0.25) is 9.59 Å². The van der Waals surface area contributed by atoms with Crippen LogP contribution in [0.25, 0.3) is 0 Å². The quantitative estimate of drug-likeness (QED) is 0.824. The van der Waals surface area contributed by atoms with Crippen molar-refractivity contribution in [1.82, 2.24) is 4.90 Å². The van der Waals surface area contributed by atoms with Gasteiger partial charge in [0.2, 0.25) is 5.91 Å². The van der Waals surface area contributed by atoms with Gasteiger partial charge in [-0.1, -0.05) is 0 Å². The van der Waals surface area contributed by atoms with Crippen molar-refractivity contribution in [2.45, 2.75) is 44.8 Å². The van der Waals surface area contributed by atoms with Gasteiger partial charge in [0.1, 0.15) is 0 Å². The van der Waals surface area contributed by atoms with Gasteiger partial charge in [0, 0.05) is 26.3 Å². The number of aliphatic carboxylic acids is 1. The van der Waals surface area contributed by atoms with Gasteiger partial charge in [-0.25, -0.2) is 0 Å². The standard InChI is InChI=1S/C16H25NO5/c1-2-21-13-9-12(13)15(18)17-6-3-10(4-7-17)14-11(16(19)20)5-8-22-14/h10-14H,2-9H2,1H3,(H,19,20)/t11-,12+,13+,14-/m0/s1. The molecule has 0 spiro atoms. The van der Waals surface area contributed by atoms with Crippen LogP contribution in [0.3, 0.4) is 0 Å². The van der Waals surface area contributed by atoms with Crippen molar-refractivity contribution in [2.24, 2.45) is 17.8 Å². The Morgan fingerprint density at radius 3 is 2.59 bits per heavy atom. The molecule has 3 aliphatic rings. The van der Waals surface area contributed by atoms with Crippen LogP contribution in [0.15, 0.2) is 0 Å². The van der Waals surface area contributed by atoms with Crippen LogP contribution in [0.1, 0.15) is 32.6 Å². The highest BCUT2D eigenvalue weighted by atomic mass is 16.5. The molecule has 0 aromatic rings. The molecule has 3 fully saturated rings. The molecule has 124 valence electrons. The maximum absolute atomic E-state index is 12.4. The molecular formula is C16H25NO5. The first kappa shape index (κ1) is 15.7. The average molecular weight is 311 g/mol. The minimum absolute atomic E-state index is 0.0472. The second kappa shape index (κ2) is 6.54. The van der Waals surface area contributed by atoms with Crippen LogP contribution in [-0.4, -0.2) is 60.4 Å². The van der Waals surface area contributed by atoms with E-state index < -0.39 is 5.97 Å². The zero-order valence-electron chi connectivity index (χ0n) is 13.1. The third-order valence-corrected chi connectivity index (χ3v) is 5.20. The first-order valence-corrected chi connectivity index (χ1v) is 8.36. The number of carboxylic acids is 1. The van der Waals surface area contributed by atoms with Gasteiger partial charge in [0.25, 0.3) is 0 Å². The molecule has 2 saturated heterocycles. The molecule has 6 nitrogen and oxygen atoms in total. The molecule has 0 bridgehead atoms. The summed E-state index contributed by atoms with van der Waals surface area (Å²) in [5.74, 6) is -0.615. The maximum atomic E-state index is 12.4. The molecular weight excluding hydrogens is 286 g/mol. The number of nitrogens with zero attached hydrogens (tertiary/aromatic N) is 1. The third kappa shape index (κ3) is 3.13. The van der Waals surface area contributed by atoms with Crippen molar-refractivity contribution in [3.8, 4) is 0 Å². The van der Waals surface area contributed by atoms with Crippen molar-refractivity contribution in [2.75, 3.05) is 26.3 Å². The van der Waals surface area contributed by atoms with Crippen LogP contribution in [0, 0.1) is 17.8 Å². The van der Waals surface area contributed by atoms with Crippen molar-refractivity contribution >= 4 is 11.9 Å². The molecule has 4 atom stereocenters. The number of carbonyl (C=O) groups excluding carboxylic acids is 1. The van der Waals surface area contributed by atoms with Crippen LogP contribution in [-0.2, 0) is 19.1 Å². The Bertz CT molecular complexity index is 432. The number of piperidine rings is 1. The highest BCUT2D eigenvalue weighted by molar-refractivity contribution is 5.82. The van der Waals surface area contributed by atoms with Crippen LogP contribution < -0.4 is 0 Å². The largest absolute Gasteiger partial charge is 0.481 e. The minimum Gasteiger partial charge on any atom is -0.481 e. The van der Waals surface area contributed by atoms with E-state index >= 15 is 0 Å². The number of likely N-dealkylation sites (tertiary alicyclic amines) is 1.